The van der Waals surface area contributed by atoms with Gasteiger partial charge >= 0.3 is 0 Å². The molecule has 2 aromatic carbocycles. The highest BCUT2D eigenvalue weighted by Gasteiger charge is 2.44. The first-order valence-electron chi connectivity index (χ1n) is 9.29. The highest BCUT2D eigenvalue weighted by atomic mass is 15.5. The zero-order chi connectivity index (χ0) is 17.7. The predicted octanol–water partition coefficient (Wildman–Crippen LogP) is 4.85. The second-order valence-corrected chi connectivity index (χ2v) is 7.50. The van der Waals surface area contributed by atoms with Gasteiger partial charge in [-0.1, -0.05) is 50.2 Å². The van der Waals surface area contributed by atoms with Crippen molar-refractivity contribution in [1.82, 2.24) is 9.97 Å². The van der Waals surface area contributed by atoms with Gasteiger partial charge in [0.25, 0.3) is 0 Å². The molecule has 130 valence electrons. The number of rotatable bonds is 3. The van der Waals surface area contributed by atoms with E-state index in [9.17, 15) is 0 Å². The van der Waals surface area contributed by atoms with E-state index in [4.69, 9.17) is 9.97 Å². The van der Waals surface area contributed by atoms with Crippen LogP contribution in [-0.2, 0) is 12.8 Å². The molecule has 0 radical (unpaired) electrons. The van der Waals surface area contributed by atoms with E-state index < -0.39 is 0 Å². The quantitative estimate of drug-likeness (QED) is 0.681. The standard InChI is InChI=1S/C22H22N4/c1-15(2)12-17-14-23-21-22(24-17)26-19-11-7-6-8-16(19)13-20(26)25(21)18-9-4-3-5-10-18/h3-11,14-15,20H,12-13H2,1-2H3. The molecule has 0 saturated carbocycles. The molecule has 2 aliphatic heterocycles. The zero-order valence-electron chi connectivity index (χ0n) is 15.1. The SMILES string of the molecule is CC(C)Cc1cnc2c(n1)N1c3ccccc3CC1N2c1ccccc1. The van der Waals surface area contributed by atoms with E-state index in [-0.39, 0.29) is 6.17 Å². The summed E-state index contributed by atoms with van der Waals surface area (Å²) < 4.78 is 0. The van der Waals surface area contributed by atoms with E-state index in [2.05, 4.69) is 78.2 Å². The smallest absolute Gasteiger partial charge is 0.178 e. The van der Waals surface area contributed by atoms with Gasteiger partial charge in [-0.2, -0.15) is 0 Å². The number of hydrogen-bond donors (Lipinski definition) is 0. The van der Waals surface area contributed by atoms with Crippen molar-refractivity contribution in [3.63, 3.8) is 0 Å². The number of hydrogen-bond acceptors (Lipinski definition) is 4. The van der Waals surface area contributed by atoms with Gasteiger partial charge in [-0.3, -0.25) is 0 Å². The van der Waals surface area contributed by atoms with Crippen LogP contribution in [0.15, 0.2) is 60.8 Å². The molecule has 1 aromatic heterocycles. The topological polar surface area (TPSA) is 32.3 Å². The number of fused-ring (bicyclic) bond motifs is 5. The number of aromatic nitrogens is 2. The summed E-state index contributed by atoms with van der Waals surface area (Å²) in [7, 11) is 0. The van der Waals surface area contributed by atoms with Crippen LogP contribution in [0.25, 0.3) is 0 Å². The van der Waals surface area contributed by atoms with E-state index >= 15 is 0 Å². The fourth-order valence-electron chi connectivity index (χ4n) is 4.11. The van der Waals surface area contributed by atoms with E-state index in [1.165, 1.54) is 16.9 Å². The lowest BCUT2D eigenvalue weighted by atomic mass is 10.1. The van der Waals surface area contributed by atoms with Gasteiger partial charge in [0.2, 0.25) is 0 Å². The number of benzene rings is 2. The molecule has 26 heavy (non-hydrogen) atoms. The summed E-state index contributed by atoms with van der Waals surface area (Å²) in [6, 6.07) is 19.2. The van der Waals surface area contributed by atoms with Gasteiger partial charge in [0.05, 0.1) is 11.9 Å². The van der Waals surface area contributed by atoms with Gasteiger partial charge < -0.3 is 9.80 Å². The summed E-state index contributed by atoms with van der Waals surface area (Å²) in [6.45, 7) is 4.44. The van der Waals surface area contributed by atoms with Gasteiger partial charge in [0, 0.05) is 17.8 Å². The van der Waals surface area contributed by atoms with Crippen LogP contribution in [-0.4, -0.2) is 16.1 Å². The van der Waals surface area contributed by atoms with Crippen molar-refractivity contribution in [3.05, 3.63) is 72.1 Å². The Labute approximate surface area is 154 Å². The minimum Gasteiger partial charge on any atom is -0.302 e. The maximum atomic E-state index is 5.03. The van der Waals surface area contributed by atoms with Gasteiger partial charge in [-0.25, -0.2) is 9.97 Å². The average Bonchev–Trinajstić information content (AvgIpc) is 3.16. The van der Waals surface area contributed by atoms with E-state index in [0.29, 0.717) is 5.92 Å². The molecule has 0 saturated heterocycles. The van der Waals surface area contributed by atoms with Crippen LogP contribution in [0, 0.1) is 5.92 Å². The first kappa shape index (κ1) is 15.4. The van der Waals surface area contributed by atoms with Crippen LogP contribution >= 0.6 is 0 Å². The highest BCUT2D eigenvalue weighted by molar-refractivity contribution is 5.86. The number of nitrogens with zero attached hydrogens (tertiary/aromatic N) is 4. The summed E-state index contributed by atoms with van der Waals surface area (Å²) in [6.07, 6.45) is 4.08. The summed E-state index contributed by atoms with van der Waals surface area (Å²) in [4.78, 5) is 14.6. The van der Waals surface area contributed by atoms with Crippen molar-refractivity contribution in [1.29, 1.82) is 0 Å². The molecule has 3 aromatic rings. The van der Waals surface area contributed by atoms with Crippen LogP contribution in [0.3, 0.4) is 0 Å². The molecular formula is C22H22N4. The highest BCUT2D eigenvalue weighted by Crippen LogP contribution is 2.50. The summed E-state index contributed by atoms with van der Waals surface area (Å²) in [5.41, 5.74) is 4.87. The second-order valence-electron chi connectivity index (χ2n) is 7.50. The normalized spacial score (nSPS) is 17.4. The fraction of sp³-hybridized carbons (Fsp3) is 0.273. The van der Waals surface area contributed by atoms with Gasteiger partial charge in [-0.15, -0.1) is 0 Å². The summed E-state index contributed by atoms with van der Waals surface area (Å²) >= 11 is 0. The molecule has 3 heterocycles. The Balaban J connectivity index is 1.67. The molecule has 0 aliphatic carbocycles. The predicted molar refractivity (Wildman–Crippen MR) is 105 cm³/mol. The average molecular weight is 342 g/mol. The lowest BCUT2D eigenvalue weighted by Gasteiger charge is -2.26. The number of para-hydroxylation sites is 2. The molecule has 0 N–H and O–H groups in total. The van der Waals surface area contributed by atoms with Crippen LogP contribution in [0.5, 0.6) is 0 Å². The van der Waals surface area contributed by atoms with Crippen molar-refractivity contribution < 1.29 is 0 Å². The van der Waals surface area contributed by atoms with Crippen molar-refractivity contribution in [2.45, 2.75) is 32.9 Å². The minimum atomic E-state index is 0.207. The largest absolute Gasteiger partial charge is 0.302 e. The summed E-state index contributed by atoms with van der Waals surface area (Å²) in [5.74, 6) is 2.51. The Hall–Kier alpha value is -2.88. The Bertz CT molecular complexity index is 951. The monoisotopic (exact) mass is 342 g/mol. The second kappa shape index (κ2) is 5.84. The molecule has 2 aliphatic rings. The lowest BCUT2D eigenvalue weighted by Crippen LogP contribution is -2.35. The molecular weight excluding hydrogens is 320 g/mol. The van der Waals surface area contributed by atoms with Crippen molar-refractivity contribution in [3.8, 4) is 0 Å². The Kier molecular flexibility index (Phi) is 3.45. The molecule has 0 bridgehead atoms. The molecule has 0 spiro atoms. The van der Waals surface area contributed by atoms with E-state index in [1.807, 2.05) is 6.20 Å². The van der Waals surface area contributed by atoms with Gasteiger partial charge in [0.1, 0.15) is 6.17 Å². The van der Waals surface area contributed by atoms with Crippen molar-refractivity contribution in [2.75, 3.05) is 9.80 Å². The van der Waals surface area contributed by atoms with Crippen LogP contribution in [0.2, 0.25) is 0 Å². The van der Waals surface area contributed by atoms with Crippen molar-refractivity contribution in [2.24, 2.45) is 5.92 Å². The third kappa shape index (κ3) is 2.29. The zero-order valence-corrected chi connectivity index (χ0v) is 15.1. The molecule has 4 heteroatoms. The Morgan fingerprint density at radius 2 is 1.73 bits per heavy atom. The van der Waals surface area contributed by atoms with Crippen LogP contribution < -0.4 is 9.80 Å². The van der Waals surface area contributed by atoms with Crippen molar-refractivity contribution >= 4 is 23.0 Å². The van der Waals surface area contributed by atoms with Gasteiger partial charge in [-0.05, 0) is 36.1 Å². The third-order valence-electron chi connectivity index (χ3n) is 5.14. The van der Waals surface area contributed by atoms with Crippen LogP contribution in [0.1, 0.15) is 25.1 Å². The van der Waals surface area contributed by atoms with Gasteiger partial charge in [0.15, 0.2) is 11.6 Å². The van der Waals surface area contributed by atoms with E-state index in [1.54, 1.807) is 0 Å². The first-order valence-corrected chi connectivity index (χ1v) is 9.29. The lowest BCUT2D eigenvalue weighted by molar-refractivity contribution is 0.633. The summed E-state index contributed by atoms with van der Waals surface area (Å²) in [5, 5.41) is 0. The molecule has 5 rings (SSSR count). The molecule has 1 atom stereocenters. The molecule has 1 unspecified atom stereocenters. The molecule has 0 fully saturated rings. The number of anilines is 4. The maximum Gasteiger partial charge on any atom is 0.178 e. The van der Waals surface area contributed by atoms with E-state index in [0.717, 1.165) is 30.2 Å². The third-order valence-corrected chi connectivity index (χ3v) is 5.14. The maximum absolute atomic E-state index is 5.03. The molecule has 0 amide bonds. The molecule has 4 nitrogen and oxygen atoms in total. The fourth-order valence-corrected chi connectivity index (χ4v) is 4.11. The first-order chi connectivity index (χ1) is 12.7. The minimum absolute atomic E-state index is 0.207. The Morgan fingerprint density at radius 3 is 2.54 bits per heavy atom. The Morgan fingerprint density at radius 1 is 0.962 bits per heavy atom. The van der Waals surface area contributed by atoms with Crippen LogP contribution in [0.4, 0.5) is 23.0 Å².